The van der Waals surface area contributed by atoms with Crippen molar-refractivity contribution in [2.75, 3.05) is 30.4 Å². The molecule has 24 heavy (non-hydrogen) atoms. The van der Waals surface area contributed by atoms with Crippen LogP contribution in [-0.4, -0.2) is 36.7 Å². The Morgan fingerprint density at radius 2 is 2.08 bits per heavy atom. The van der Waals surface area contributed by atoms with E-state index in [2.05, 4.69) is 10.6 Å². The summed E-state index contributed by atoms with van der Waals surface area (Å²) in [6, 6.07) is 10.2. The van der Waals surface area contributed by atoms with E-state index < -0.39 is 18.5 Å². The van der Waals surface area contributed by atoms with Crippen LogP contribution in [0.2, 0.25) is 0 Å². The highest BCUT2D eigenvalue weighted by Crippen LogP contribution is 2.22. The Morgan fingerprint density at radius 3 is 2.83 bits per heavy atom. The van der Waals surface area contributed by atoms with E-state index in [9.17, 15) is 9.59 Å². The largest absolute Gasteiger partial charge is 0.452 e. The zero-order valence-corrected chi connectivity index (χ0v) is 13.4. The van der Waals surface area contributed by atoms with Crippen molar-refractivity contribution in [2.45, 2.75) is 0 Å². The number of nitriles is 1. The summed E-state index contributed by atoms with van der Waals surface area (Å²) in [6.45, 7) is -0.246. The number of esters is 1. The normalized spacial score (nSPS) is 9.83. The molecule has 7 nitrogen and oxygen atoms in total. The zero-order chi connectivity index (χ0) is 17.4. The van der Waals surface area contributed by atoms with E-state index in [1.54, 1.807) is 35.7 Å². The van der Waals surface area contributed by atoms with Gasteiger partial charge in [0.1, 0.15) is 11.1 Å². The molecule has 8 heteroatoms. The van der Waals surface area contributed by atoms with E-state index in [0.29, 0.717) is 22.8 Å². The SMILES string of the molecule is N#Cc1ccsc1NC(=O)COC(=O)c1ccccc1NCCO. The molecular formula is C16H15N3O4S. The fourth-order valence-corrected chi connectivity index (χ4v) is 2.63. The van der Waals surface area contributed by atoms with Gasteiger partial charge in [-0.3, -0.25) is 4.79 Å². The molecule has 0 fully saturated rings. The van der Waals surface area contributed by atoms with Crippen LogP contribution in [0, 0.1) is 11.3 Å². The Balaban J connectivity index is 1.93. The molecule has 1 aromatic heterocycles. The average molecular weight is 345 g/mol. The van der Waals surface area contributed by atoms with E-state index in [4.69, 9.17) is 15.1 Å². The van der Waals surface area contributed by atoms with Gasteiger partial charge >= 0.3 is 5.97 Å². The van der Waals surface area contributed by atoms with Gasteiger partial charge in [0.25, 0.3) is 5.91 Å². The molecule has 0 aliphatic carbocycles. The summed E-state index contributed by atoms with van der Waals surface area (Å²) in [7, 11) is 0. The number of nitrogens with zero attached hydrogens (tertiary/aromatic N) is 1. The monoisotopic (exact) mass is 345 g/mol. The molecule has 0 radical (unpaired) electrons. The fraction of sp³-hybridized carbons (Fsp3) is 0.188. The number of ether oxygens (including phenoxy) is 1. The summed E-state index contributed by atoms with van der Waals surface area (Å²) in [5.74, 6) is -1.18. The van der Waals surface area contributed by atoms with Gasteiger partial charge in [-0.15, -0.1) is 11.3 Å². The molecule has 1 heterocycles. The molecular weight excluding hydrogens is 330 g/mol. The van der Waals surface area contributed by atoms with Crippen LogP contribution in [-0.2, 0) is 9.53 Å². The van der Waals surface area contributed by atoms with Gasteiger partial charge in [-0.2, -0.15) is 5.26 Å². The molecule has 0 atom stereocenters. The molecule has 124 valence electrons. The van der Waals surface area contributed by atoms with Crippen molar-refractivity contribution in [2.24, 2.45) is 0 Å². The van der Waals surface area contributed by atoms with E-state index >= 15 is 0 Å². The second-order valence-electron chi connectivity index (χ2n) is 4.60. The number of amides is 1. The van der Waals surface area contributed by atoms with Gasteiger partial charge in [0.05, 0.1) is 17.7 Å². The van der Waals surface area contributed by atoms with Crippen molar-refractivity contribution in [1.29, 1.82) is 5.26 Å². The topological polar surface area (TPSA) is 111 Å². The molecule has 0 saturated carbocycles. The van der Waals surface area contributed by atoms with E-state index in [-0.39, 0.29) is 12.2 Å². The summed E-state index contributed by atoms with van der Waals surface area (Å²) in [5.41, 5.74) is 1.15. The van der Waals surface area contributed by atoms with Crippen molar-refractivity contribution in [3.8, 4) is 6.07 Å². The highest BCUT2D eigenvalue weighted by Gasteiger charge is 2.15. The molecule has 0 aliphatic heterocycles. The Morgan fingerprint density at radius 1 is 1.29 bits per heavy atom. The summed E-state index contributed by atoms with van der Waals surface area (Å²) in [4.78, 5) is 23.9. The second kappa shape index (κ2) is 8.67. The minimum Gasteiger partial charge on any atom is -0.452 e. The van der Waals surface area contributed by atoms with Gasteiger partial charge in [0.15, 0.2) is 6.61 Å². The Bertz CT molecular complexity index is 767. The zero-order valence-electron chi connectivity index (χ0n) is 12.6. The lowest BCUT2D eigenvalue weighted by molar-refractivity contribution is -0.119. The first kappa shape index (κ1) is 17.5. The average Bonchev–Trinajstić information content (AvgIpc) is 3.05. The maximum Gasteiger partial charge on any atom is 0.340 e. The maximum atomic E-state index is 12.1. The number of hydrogen-bond acceptors (Lipinski definition) is 7. The third-order valence-electron chi connectivity index (χ3n) is 2.95. The van der Waals surface area contributed by atoms with Crippen molar-refractivity contribution in [3.63, 3.8) is 0 Å². The van der Waals surface area contributed by atoms with Crippen LogP contribution in [0.3, 0.4) is 0 Å². The summed E-state index contributed by atoms with van der Waals surface area (Å²) < 4.78 is 5.00. The fourth-order valence-electron chi connectivity index (χ4n) is 1.87. The molecule has 0 saturated heterocycles. The van der Waals surface area contributed by atoms with Crippen LogP contribution < -0.4 is 10.6 Å². The first-order valence-electron chi connectivity index (χ1n) is 7.04. The van der Waals surface area contributed by atoms with Crippen LogP contribution >= 0.6 is 11.3 Å². The van der Waals surface area contributed by atoms with Gasteiger partial charge in [-0.25, -0.2) is 4.79 Å². The molecule has 1 aromatic carbocycles. The second-order valence-corrected chi connectivity index (χ2v) is 5.51. The number of nitrogens with one attached hydrogen (secondary N) is 2. The molecule has 1 amide bonds. The van der Waals surface area contributed by atoms with Crippen molar-refractivity contribution >= 4 is 33.9 Å². The lowest BCUT2D eigenvalue weighted by Crippen LogP contribution is -2.21. The summed E-state index contributed by atoms with van der Waals surface area (Å²) in [6.07, 6.45) is 0. The van der Waals surface area contributed by atoms with Gasteiger partial charge in [0, 0.05) is 12.2 Å². The van der Waals surface area contributed by atoms with E-state index in [1.165, 1.54) is 11.3 Å². The maximum absolute atomic E-state index is 12.1. The number of carbonyl (C=O) groups excluding carboxylic acids is 2. The first-order chi connectivity index (χ1) is 11.7. The predicted octanol–water partition coefficient (Wildman–Crippen LogP) is 1.82. The molecule has 0 bridgehead atoms. The number of aliphatic hydroxyl groups is 1. The number of aliphatic hydroxyl groups excluding tert-OH is 1. The number of rotatable bonds is 7. The van der Waals surface area contributed by atoms with Crippen LogP contribution in [0.1, 0.15) is 15.9 Å². The lowest BCUT2D eigenvalue weighted by Gasteiger charge is -2.10. The third kappa shape index (κ3) is 4.55. The highest BCUT2D eigenvalue weighted by atomic mass is 32.1. The Kier molecular flexibility index (Phi) is 6.31. The summed E-state index contributed by atoms with van der Waals surface area (Å²) >= 11 is 1.22. The van der Waals surface area contributed by atoms with E-state index in [0.717, 1.165) is 0 Å². The summed E-state index contributed by atoms with van der Waals surface area (Å²) in [5, 5.41) is 25.3. The minimum atomic E-state index is -0.655. The molecule has 2 aromatic rings. The van der Waals surface area contributed by atoms with Gasteiger partial charge in [-0.1, -0.05) is 12.1 Å². The standard InChI is InChI=1S/C16H15N3O4S/c17-9-11-5-8-24-15(11)19-14(21)10-23-16(22)12-3-1-2-4-13(12)18-6-7-20/h1-5,8,18,20H,6-7,10H2,(H,19,21). The molecule has 0 spiro atoms. The molecule has 0 unspecified atom stereocenters. The quantitative estimate of drug-likeness (QED) is 0.660. The number of para-hydroxylation sites is 1. The Hall–Kier alpha value is -2.89. The van der Waals surface area contributed by atoms with Crippen LogP contribution in [0.25, 0.3) is 0 Å². The third-order valence-corrected chi connectivity index (χ3v) is 3.78. The van der Waals surface area contributed by atoms with Crippen molar-refractivity contribution < 1.29 is 19.4 Å². The van der Waals surface area contributed by atoms with Gasteiger partial charge in [0.2, 0.25) is 0 Å². The van der Waals surface area contributed by atoms with Gasteiger partial charge in [-0.05, 0) is 23.6 Å². The minimum absolute atomic E-state index is 0.0756. The smallest absolute Gasteiger partial charge is 0.340 e. The van der Waals surface area contributed by atoms with Crippen molar-refractivity contribution in [3.05, 3.63) is 46.8 Å². The number of carbonyl (C=O) groups is 2. The number of benzene rings is 1. The number of hydrogen-bond donors (Lipinski definition) is 3. The molecule has 2 rings (SSSR count). The first-order valence-corrected chi connectivity index (χ1v) is 7.92. The van der Waals surface area contributed by atoms with Crippen LogP contribution in [0.5, 0.6) is 0 Å². The molecule has 0 aliphatic rings. The Labute approximate surface area is 142 Å². The van der Waals surface area contributed by atoms with Gasteiger partial charge < -0.3 is 20.5 Å². The van der Waals surface area contributed by atoms with Crippen LogP contribution in [0.15, 0.2) is 35.7 Å². The molecule has 3 N–H and O–H groups in total. The number of anilines is 2. The predicted molar refractivity (Wildman–Crippen MR) is 90.0 cm³/mol. The van der Waals surface area contributed by atoms with Crippen molar-refractivity contribution in [1.82, 2.24) is 0 Å². The van der Waals surface area contributed by atoms with Crippen LogP contribution in [0.4, 0.5) is 10.7 Å². The number of thiophene rings is 1. The highest BCUT2D eigenvalue weighted by molar-refractivity contribution is 7.14. The lowest BCUT2D eigenvalue weighted by atomic mass is 10.2. The van der Waals surface area contributed by atoms with E-state index in [1.807, 2.05) is 6.07 Å².